The lowest BCUT2D eigenvalue weighted by molar-refractivity contribution is 0.476. The van der Waals surface area contributed by atoms with Crippen LogP contribution in [0.5, 0.6) is 5.75 Å². The molecule has 0 aliphatic carbocycles. The minimum atomic E-state index is 0.0112. The molecule has 0 bridgehead atoms. The van der Waals surface area contributed by atoms with E-state index < -0.39 is 0 Å². The number of nitrogens with zero attached hydrogens (tertiary/aromatic N) is 2. The molecule has 0 amide bonds. The van der Waals surface area contributed by atoms with E-state index in [4.69, 9.17) is 11.6 Å². The molecule has 0 atom stereocenters. The van der Waals surface area contributed by atoms with Gasteiger partial charge >= 0.3 is 0 Å². The van der Waals surface area contributed by atoms with Gasteiger partial charge in [0, 0.05) is 19.2 Å². The molecule has 0 fully saturated rings. The average molecular weight is 267 g/mol. The lowest BCUT2D eigenvalue weighted by Gasteiger charge is -2.11. The number of hydrogen-bond acceptors (Lipinski definition) is 5. The third kappa shape index (κ3) is 2.41. The summed E-state index contributed by atoms with van der Waals surface area (Å²) in [6.45, 7) is 5.48. The molecule has 18 heavy (non-hydrogen) atoms. The van der Waals surface area contributed by atoms with E-state index in [0.717, 1.165) is 13.1 Å². The highest BCUT2D eigenvalue weighted by atomic mass is 35.5. The Morgan fingerprint density at radius 3 is 2.06 bits per heavy atom. The van der Waals surface area contributed by atoms with Gasteiger partial charge in [-0.25, -0.2) is 9.97 Å². The Balaban J connectivity index is 2.60. The van der Waals surface area contributed by atoms with E-state index in [1.807, 2.05) is 13.8 Å². The van der Waals surface area contributed by atoms with E-state index >= 15 is 0 Å². The van der Waals surface area contributed by atoms with Gasteiger partial charge in [-0.1, -0.05) is 11.6 Å². The zero-order chi connectivity index (χ0) is 13.1. The number of halogens is 1. The molecule has 2 aromatic rings. The summed E-state index contributed by atoms with van der Waals surface area (Å²) in [5, 5.41) is 16.1. The summed E-state index contributed by atoms with van der Waals surface area (Å²) in [5.74, 6) is 1.37. The van der Waals surface area contributed by atoms with Gasteiger partial charge in [0.2, 0.25) is 0 Å². The van der Waals surface area contributed by atoms with Crippen LogP contribution >= 0.6 is 11.6 Å². The Morgan fingerprint density at radius 1 is 1.06 bits per heavy atom. The van der Waals surface area contributed by atoms with Crippen molar-refractivity contribution in [3.05, 3.63) is 17.2 Å². The van der Waals surface area contributed by atoms with Crippen LogP contribution in [0.15, 0.2) is 12.1 Å². The van der Waals surface area contributed by atoms with Gasteiger partial charge in [-0.3, -0.25) is 0 Å². The van der Waals surface area contributed by atoms with Gasteiger partial charge in [-0.05, 0) is 19.9 Å². The van der Waals surface area contributed by atoms with Crippen molar-refractivity contribution >= 4 is 34.3 Å². The molecule has 0 unspecified atom stereocenters. The Bertz CT molecular complexity index is 523. The van der Waals surface area contributed by atoms with Crippen LogP contribution in [0.25, 0.3) is 11.0 Å². The summed E-state index contributed by atoms with van der Waals surface area (Å²) in [5.41, 5.74) is 1.25. The predicted molar refractivity (Wildman–Crippen MR) is 74.5 cm³/mol. The number of aromatic hydroxyl groups is 1. The lowest BCUT2D eigenvalue weighted by Crippen LogP contribution is -2.08. The number of aromatic nitrogens is 2. The molecule has 0 spiro atoms. The molecule has 0 saturated carbocycles. The van der Waals surface area contributed by atoms with E-state index in [1.165, 1.54) is 6.07 Å². The van der Waals surface area contributed by atoms with Crippen LogP contribution in [-0.4, -0.2) is 28.2 Å². The van der Waals surface area contributed by atoms with Crippen LogP contribution in [-0.2, 0) is 0 Å². The number of anilines is 2. The molecule has 96 valence electrons. The molecular weight excluding hydrogens is 252 g/mol. The van der Waals surface area contributed by atoms with Gasteiger partial charge in [0.05, 0.1) is 16.1 Å². The molecule has 5 nitrogen and oxygen atoms in total. The fourth-order valence-corrected chi connectivity index (χ4v) is 1.81. The number of nitrogens with one attached hydrogen (secondary N) is 2. The maximum atomic E-state index is 9.57. The van der Waals surface area contributed by atoms with E-state index in [9.17, 15) is 5.11 Å². The first-order valence-electron chi connectivity index (χ1n) is 5.83. The minimum absolute atomic E-state index is 0.0112. The zero-order valence-electron chi connectivity index (χ0n) is 10.3. The van der Waals surface area contributed by atoms with Gasteiger partial charge in [0.25, 0.3) is 0 Å². The Labute approximate surface area is 110 Å². The Hall–Kier alpha value is -1.75. The number of phenols is 1. The smallest absolute Gasteiger partial charge is 0.169 e. The van der Waals surface area contributed by atoms with Gasteiger partial charge < -0.3 is 15.7 Å². The normalized spacial score (nSPS) is 10.6. The van der Waals surface area contributed by atoms with Crippen molar-refractivity contribution in [2.75, 3.05) is 23.7 Å². The van der Waals surface area contributed by atoms with Crippen molar-refractivity contribution < 1.29 is 5.11 Å². The first-order chi connectivity index (χ1) is 8.65. The fraction of sp³-hybridized carbons (Fsp3) is 0.333. The summed E-state index contributed by atoms with van der Waals surface area (Å²) in [4.78, 5) is 8.88. The first-order valence-corrected chi connectivity index (χ1v) is 6.21. The predicted octanol–water partition coefficient (Wildman–Crippen LogP) is 2.85. The summed E-state index contributed by atoms with van der Waals surface area (Å²) >= 11 is 5.86. The van der Waals surface area contributed by atoms with E-state index in [2.05, 4.69) is 20.6 Å². The molecule has 2 rings (SSSR count). The molecule has 6 heteroatoms. The number of phenolic OH excluding ortho intramolecular Hbond substituents is 1. The van der Waals surface area contributed by atoms with Crippen LogP contribution in [0.4, 0.5) is 11.6 Å². The molecular formula is C12H15ClN4O. The first kappa shape index (κ1) is 12.7. The van der Waals surface area contributed by atoms with Crippen molar-refractivity contribution in [2.45, 2.75) is 13.8 Å². The number of benzene rings is 1. The minimum Gasteiger partial charge on any atom is -0.506 e. The van der Waals surface area contributed by atoms with Crippen LogP contribution in [0.1, 0.15) is 13.8 Å². The van der Waals surface area contributed by atoms with Crippen molar-refractivity contribution in [1.29, 1.82) is 0 Å². The van der Waals surface area contributed by atoms with Gasteiger partial charge in [0.15, 0.2) is 11.6 Å². The van der Waals surface area contributed by atoms with E-state index in [0.29, 0.717) is 22.7 Å². The number of hydrogen-bond donors (Lipinski definition) is 3. The van der Waals surface area contributed by atoms with Crippen LogP contribution in [0.2, 0.25) is 5.02 Å². The molecule has 0 radical (unpaired) electrons. The van der Waals surface area contributed by atoms with E-state index in [-0.39, 0.29) is 10.8 Å². The average Bonchev–Trinajstić information content (AvgIpc) is 2.33. The molecule has 0 saturated heterocycles. The third-order valence-corrected chi connectivity index (χ3v) is 2.72. The summed E-state index contributed by atoms with van der Waals surface area (Å²) in [6, 6.07) is 3.12. The van der Waals surface area contributed by atoms with Crippen molar-refractivity contribution in [3.8, 4) is 5.75 Å². The summed E-state index contributed by atoms with van der Waals surface area (Å²) in [6.07, 6.45) is 0. The number of rotatable bonds is 4. The van der Waals surface area contributed by atoms with Crippen molar-refractivity contribution in [3.63, 3.8) is 0 Å². The second kappa shape index (κ2) is 5.27. The quantitative estimate of drug-likeness (QED) is 0.794. The highest BCUT2D eigenvalue weighted by Gasteiger charge is 2.10. The van der Waals surface area contributed by atoms with Gasteiger partial charge in [-0.15, -0.1) is 0 Å². The number of fused-ring (bicyclic) bond motifs is 1. The SMILES string of the molecule is CCNc1nc2cc(O)c(Cl)cc2nc1NCC. The van der Waals surface area contributed by atoms with Gasteiger partial charge in [0.1, 0.15) is 5.75 Å². The summed E-state index contributed by atoms with van der Waals surface area (Å²) < 4.78 is 0. The maximum Gasteiger partial charge on any atom is 0.169 e. The monoisotopic (exact) mass is 266 g/mol. The van der Waals surface area contributed by atoms with Gasteiger partial charge in [-0.2, -0.15) is 0 Å². The highest BCUT2D eigenvalue weighted by molar-refractivity contribution is 6.32. The van der Waals surface area contributed by atoms with Crippen LogP contribution in [0, 0.1) is 0 Å². The van der Waals surface area contributed by atoms with Crippen LogP contribution in [0.3, 0.4) is 0 Å². The second-order valence-electron chi connectivity index (χ2n) is 3.77. The largest absolute Gasteiger partial charge is 0.506 e. The molecule has 0 aliphatic rings. The highest BCUT2D eigenvalue weighted by Crippen LogP contribution is 2.29. The maximum absolute atomic E-state index is 9.57. The van der Waals surface area contributed by atoms with Crippen molar-refractivity contribution in [1.82, 2.24) is 9.97 Å². The molecule has 1 heterocycles. The fourth-order valence-electron chi connectivity index (χ4n) is 1.65. The lowest BCUT2D eigenvalue weighted by atomic mass is 10.3. The topological polar surface area (TPSA) is 70.1 Å². The van der Waals surface area contributed by atoms with Crippen LogP contribution < -0.4 is 10.6 Å². The standard InChI is InChI=1S/C12H15ClN4O/c1-3-14-11-12(15-4-2)17-9-6-10(18)7(13)5-8(9)16-11/h5-6,18H,3-4H2,1-2H3,(H,14,16)(H,15,17). The molecule has 3 N–H and O–H groups in total. The summed E-state index contributed by atoms with van der Waals surface area (Å²) in [7, 11) is 0. The molecule has 0 aliphatic heterocycles. The molecule has 1 aromatic heterocycles. The Morgan fingerprint density at radius 2 is 1.56 bits per heavy atom. The van der Waals surface area contributed by atoms with E-state index in [1.54, 1.807) is 6.07 Å². The zero-order valence-corrected chi connectivity index (χ0v) is 11.0. The second-order valence-corrected chi connectivity index (χ2v) is 4.18. The molecule has 1 aromatic carbocycles. The Kier molecular flexibility index (Phi) is 3.72. The van der Waals surface area contributed by atoms with Crippen molar-refractivity contribution in [2.24, 2.45) is 0 Å². The third-order valence-electron chi connectivity index (χ3n) is 2.42.